The Morgan fingerprint density at radius 3 is 2.33 bits per heavy atom. The summed E-state index contributed by atoms with van der Waals surface area (Å²) in [6.45, 7) is 1.32. The van der Waals surface area contributed by atoms with E-state index in [4.69, 9.17) is 14.7 Å². The zero-order valence-electron chi connectivity index (χ0n) is 12.0. The Hall–Kier alpha value is -2.94. The van der Waals surface area contributed by atoms with Gasteiger partial charge < -0.3 is 19.9 Å². The monoisotopic (exact) mass is 288 g/mol. The van der Waals surface area contributed by atoms with E-state index >= 15 is 0 Å². The minimum atomic E-state index is -0.316. The molecule has 0 heterocycles. The summed E-state index contributed by atoms with van der Waals surface area (Å²) in [4.78, 5) is 10.9. The highest BCUT2D eigenvalue weighted by atomic mass is 16.5. The van der Waals surface area contributed by atoms with Crippen LogP contribution in [-0.4, -0.2) is 25.2 Å². The number of nitrogens with zero attached hydrogens (tertiary/aromatic N) is 1. The zero-order chi connectivity index (χ0) is 15.8. The van der Waals surface area contributed by atoms with Crippen molar-refractivity contribution in [3.8, 4) is 23.3 Å². The quantitative estimate of drug-likeness (QED) is 0.638. The number of phenolic OH excluding ortho intramolecular Hbond substituents is 1. The van der Waals surface area contributed by atoms with E-state index < -0.39 is 0 Å². The number of methoxy groups -OCH3 is 2. The summed E-state index contributed by atoms with van der Waals surface area (Å²) < 4.78 is 10.1. The minimum absolute atomic E-state index is 0.0800. The van der Waals surface area contributed by atoms with E-state index in [2.05, 4.69) is 5.32 Å². The molecule has 0 spiro atoms. The fourth-order valence-corrected chi connectivity index (χ4v) is 1.56. The van der Waals surface area contributed by atoms with Crippen LogP contribution in [0.1, 0.15) is 12.5 Å². The molecule has 0 aromatic heterocycles. The SMILES string of the molecule is COc1cc(C=CC=C(C#N)NC(C)=O)cc(OC)c1O. The van der Waals surface area contributed by atoms with Crippen LogP contribution in [0.3, 0.4) is 0 Å². The number of hydrogen-bond donors (Lipinski definition) is 2. The molecule has 1 amide bonds. The van der Waals surface area contributed by atoms with Gasteiger partial charge in [0.2, 0.25) is 11.7 Å². The molecule has 0 radical (unpaired) electrons. The van der Waals surface area contributed by atoms with Crippen LogP contribution in [0.25, 0.3) is 6.08 Å². The first-order valence-electron chi connectivity index (χ1n) is 6.02. The van der Waals surface area contributed by atoms with Gasteiger partial charge in [0.15, 0.2) is 11.5 Å². The van der Waals surface area contributed by atoms with Gasteiger partial charge in [0.05, 0.1) is 14.2 Å². The summed E-state index contributed by atoms with van der Waals surface area (Å²) in [5, 5.41) is 21.0. The Morgan fingerprint density at radius 1 is 1.33 bits per heavy atom. The number of aromatic hydroxyl groups is 1. The summed E-state index contributed by atoms with van der Waals surface area (Å²) in [6, 6.07) is 5.10. The third-order valence-corrected chi connectivity index (χ3v) is 2.48. The highest BCUT2D eigenvalue weighted by Gasteiger charge is 2.09. The fourth-order valence-electron chi connectivity index (χ4n) is 1.56. The molecule has 2 N–H and O–H groups in total. The summed E-state index contributed by atoms with van der Waals surface area (Å²) in [5.74, 6) is 0.161. The molecule has 1 rings (SSSR count). The van der Waals surface area contributed by atoms with Gasteiger partial charge in [-0.3, -0.25) is 4.79 Å². The summed E-state index contributed by atoms with van der Waals surface area (Å²) in [6.07, 6.45) is 4.75. The molecule has 110 valence electrons. The van der Waals surface area contributed by atoms with Crippen molar-refractivity contribution in [1.82, 2.24) is 5.32 Å². The number of amides is 1. The lowest BCUT2D eigenvalue weighted by Crippen LogP contribution is -2.17. The second-order valence-electron chi connectivity index (χ2n) is 4.01. The Bertz CT molecular complexity index is 602. The first kappa shape index (κ1) is 16.1. The molecule has 0 saturated carbocycles. The number of carbonyl (C=O) groups excluding carboxylic acids is 1. The smallest absolute Gasteiger partial charge is 0.221 e. The van der Waals surface area contributed by atoms with Crippen molar-refractivity contribution in [2.24, 2.45) is 0 Å². The first-order chi connectivity index (χ1) is 10.0. The van der Waals surface area contributed by atoms with Gasteiger partial charge in [0.25, 0.3) is 0 Å². The summed E-state index contributed by atoms with van der Waals surface area (Å²) in [5.41, 5.74) is 0.842. The van der Waals surface area contributed by atoms with Gasteiger partial charge in [0.1, 0.15) is 11.8 Å². The first-order valence-corrected chi connectivity index (χ1v) is 6.02. The Kier molecular flexibility index (Phi) is 5.83. The summed E-state index contributed by atoms with van der Waals surface area (Å²) in [7, 11) is 2.87. The van der Waals surface area contributed by atoms with Crippen LogP contribution in [0.15, 0.2) is 30.0 Å². The number of nitriles is 1. The van der Waals surface area contributed by atoms with Crippen LogP contribution in [0.2, 0.25) is 0 Å². The third-order valence-electron chi connectivity index (χ3n) is 2.48. The molecule has 0 aliphatic heterocycles. The van der Waals surface area contributed by atoms with Crippen LogP contribution in [0, 0.1) is 11.3 Å². The number of carbonyl (C=O) groups is 1. The van der Waals surface area contributed by atoms with E-state index in [0.29, 0.717) is 5.56 Å². The molecular formula is C15H16N2O4. The minimum Gasteiger partial charge on any atom is -0.502 e. The fraction of sp³-hybridized carbons (Fsp3) is 0.200. The van der Waals surface area contributed by atoms with Crippen LogP contribution < -0.4 is 14.8 Å². The average Bonchev–Trinajstić information content (AvgIpc) is 2.47. The largest absolute Gasteiger partial charge is 0.502 e. The van der Waals surface area contributed by atoms with E-state index in [0.717, 1.165) is 0 Å². The Labute approximate surface area is 122 Å². The highest BCUT2D eigenvalue weighted by Crippen LogP contribution is 2.37. The second-order valence-corrected chi connectivity index (χ2v) is 4.01. The molecule has 1 aromatic rings. The van der Waals surface area contributed by atoms with E-state index in [9.17, 15) is 9.90 Å². The lowest BCUT2D eigenvalue weighted by Gasteiger charge is -2.09. The van der Waals surface area contributed by atoms with Crippen molar-refractivity contribution in [1.29, 1.82) is 5.26 Å². The Morgan fingerprint density at radius 2 is 1.90 bits per heavy atom. The number of ether oxygens (including phenoxy) is 2. The van der Waals surface area contributed by atoms with Crippen molar-refractivity contribution in [3.63, 3.8) is 0 Å². The molecule has 1 aromatic carbocycles. The maximum atomic E-state index is 10.9. The van der Waals surface area contributed by atoms with Crippen LogP contribution in [0.4, 0.5) is 0 Å². The highest BCUT2D eigenvalue weighted by molar-refractivity contribution is 5.76. The van der Waals surface area contributed by atoms with E-state index in [1.165, 1.54) is 27.2 Å². The molecule has 0 atom stereocenters. The normalized spacial score (nSPS) is 11.0. The van der Waals surface area contributed by atoms with Gasteiger partial charge in [-0.25, -0.2) is 0 Å². The lowest BCUT2D eigenvalue weighted by atomic mass is 10.1. The van der Waals surface area contributed by atoms with Crippen LogP contribution >= 0.6 is 0 Å². The van der Waals surface area contributed by atoms with Crippen molar-refractivity contribution in [2.75, 3.05) is 14.2 Å². The molecular weight excluding hydrogens is 272 g/mol. The van der Waals surface area contributed by atoms with Gasteiger partial charge in [-0.05, 0) is 23.8 Å². The van der Waals surface area contributed by atoms with Crippen molar-refractivity contribution in [2.45, 2.75) is 6.92 Å². The molecule has 0 aliphatic rings. The molecule has 0 fully saturated rings. The predicted octanol–water partition coefficient (Wildman–Crippen LogP) is 1.97. The maximum Gasteiger partial charge on any atom is 0.221 e. The van der Waals surface area contributed by atoms with E-state index in [1.54, 1.807) is 24.3 Å². The lowest BCUT2D eigenvalue weighted by molar-refractivity contribution is -0.118. The molecule has 0 unspecified atom stereocenters. The predicted molar refractivity (Wildman–Crippen MR) is 77.8 cm³/mol. The van der Waals surface area contributed by atoms with Gasteiger partial charge >= 0.3 is 0 Å². The average molecular weight is 288 g/mol. The number of allylic oxidation sites excluding steroid dienone is 3. The second kappa shape index (κ2) is 7.60. The molecule has 0 bridgehead atoms. The summed E-state index contributed by atoms with van der Waals surface area (Å²) >= 11 is 0. The van der Waals surface area contributed by atoms with Gasteiger partial charge in [-0.15, -0.1) is 0 Å². The van der Waals surface area contributed by atoms with Crippen LogP contribution in [0.5, 0.6) is 17.2 Å². The molecule has 6 nitrogen and oxygen atoms in total. The molecule has 21 heavy (non-hydrogen) atoms. The molecule has 0 aliphatic carbocycles. The standard InChI is InChI=1S/C15H16N2O4/c1-10(18)17-12(9-16)6-4-5-11-7-13(20-2)15(19)14(8-11)21-3/h4-8,19H,1-3H3,(H,17,18). The maximum absolute atomic E-state index is 10.9. The number of benzene rings is 1. The number of rotatable bonds is 5. The van der Waals surface area contributed by atoms with Crippen molar-refractivity contribution >= 4 is 12.0 Å². The zero-order valence-corrected chi connectivity index (χ0v) is 12.0. The van der Waals surface area contributed by atoms with Crippen LogP contribution in [-0.2, 0) is 4.79 Å². The van der Waals surface area contributed by atoms with E-state index in [-0.39, 0.29) is 28.9 Å². The number of phenols is 1. The molecule has 0 saturated heterocycles. The Balaban J connectivity index is 3.02. The van der Waals surface area contributed by atoms with Gasteiger partial charge in [-0.2, -0.15) is 5.26 Å². The molecule has 6 heteroatoms. The van der Waals surface area contributed by atoms with Gasteiger partial charge in [0, 0.05) is 6.92 Å². The van der Waals surface area contributed by atoms with Crippen molar-refractivity contribution < 1.29 is 19.4 Å². The van der Waals surface area contributed by atoms with E-state index in [1.807, 2.05) is 6.07 Å². The number of nitrogens with one attached hydrogen (secondary N) is 1. The van der Waals surface area contributed by atoms with Gasteiger partial charge in [-0.1, -0.05) is 12.2 Å². The number of hydrogen-bond acceptors (Lipinski definition) is 5. The topological polar surface area (TPSA) is 91.6 Å². The third kappa shape index (κ3) is 4.58. The van der Waals surface area contributed by atoms with Crippen molar-refractivity contribution in [3.05, 3.63) is 35.5 Å².